The molecule has 5 rings (SSSR count). The van der Waals surface area contributed by atoms with Crippen molar-refractivity contribution in [1.29, 1.82) is 0 Å². The smallest absolute Gasteiger partial charge is 0.251 e. The first kappa shape index (κ1) is 27.9. The largest absolute Gasteiger partial charge is 0.493 e. The molecule has 0 radical (unpaired) electrons. The van der Waals surface area contributed by atoms with Gasteiger partial charge in [-0.25, -0.2) is 0 Å². The molecule has 2 heterocycles. The van der Waals surface area contributed by atoms with Gasteiger partial charge in [0.15, 0.2) is 23.6 Å². The molecule has 4 aliphatic rings. The Morgan fingerprint density at radius 2 is 1.59 bits per heavy atom. The van der Waals surface area contributed by atoms with Gasteiger partial charge in [-0.3, -0.25) is 4.79 Å². The summed E-state index contributed by atoms with van der Waals surface area (Å²) in [6.45, 7) is 3.70. The molecule has 0 aromatic heterocycles. The maximum absolute atomic E-state index is 12.9. The molecule has 3 N–H and O–H groups in total. The van der Waals surface area contributed by atoms with Crippen molar-refractivity contribution in [3.05, 3.63) is 17.7 Å². The molecular formula is C27H41NO9. The van der Waals surface area contributed by atoms with E-state index in [1.807, 2.05) is 0 Å². The molecule has 1 aromatic rings. The van der Waals surface area contributed by atoms with E-state index in [-0.39, 0.29) is 12.2 Å². The number of ether oxygens (including phenoxy) is 6. The van der Waals surface area contributed by atoms with Crippen LogP contribution in [0.25, 0.3) is 0 Å². The van der Waals surface area contributed by atoms with E-state index in [0.29, 0.717) is 17.2 Å². The summed E-state index contributed by atoms with van der Waals surface area (Å²) in [7, 11) is 4.35. The lowest BCUT2D eigenvalue weighted by Gasteiger charge is -2.26. The average Bonchev–Trinajstić information content (AvgIpc) is 3.44. The van der Waals surface area contributed by atoms with E-state index in [2.05, 4.69) is 5.32 Å². The lowest BCUT2D eigenvalue weighted by molar-refractivity contribution is -0.175. The second kappa shape index (κ2) is 11.3. The lowest BCUT2D eigenvalue weighted by Crippen LogP contribution is -2.51. The first-order valence-corrected chi connectivity index (χ1v) is 13.1. The van der Waals surface area contributed by atoms with Crippen LogP contribution in [0.2, 0.25) is 0 Å². The van der Waals surface area contributed by atoms with Crippen molar-refractivity contribution in [3.63, 3.8) is 0 Å². The Morgan fingerprint density at radius 3 is 2.05 bits per heavy atom. The molecular weight excluding hydrogens is 482 g/mol. The van der Waals surface area contributed by atoms with Crippen molar-refractivity contribution >= 4 is 5.91 Å². The van der Waals surface area contributed by atoms with Crippen LogP contribution in [0.15, 0.2) is 12.1 Å². The molecule has 4 fully saturated rings. The zero-order valence-electron chi connectivity index (χ0n) is 22.5. The van der Waals surface area contributed by atoms with E-state index in [9.17, 15) is 15.0 Å². The van der Waals surface area contributed by atoms with Crippen molar-refractivity contribution in [2.75, 3.05) is 27.9 Å². The van der Waals surface area contributed by atoms with Crippen LogP contribution >= 0.6 is 0 Å². The Bertz CT molecular complexity index is 915. The van der Waals surface area contributed by atoms with Gasteiger partial charge in [0.05, 0.1) is 34.0 Å². The van der Waals surface area contributed by atoms with Crippen molar-refractivity contribution in [1.82, 2.24) is 5.32 Å². The number of carbonyl (C=O) groups excluding carboxylic acids is 1. The van der Waals surface area contributed by atoms with Crippen molar-refractivity contribution in [3.8, 4) is 17.2 Å². The molecule has 1 amide bonds. The molecule has 0 bridgehead atoms. The zero-order valence-corrected chi connectivity index (χ0v) is 22.5. The third-order valence-electron chi connectivity index (χ3n) is 7.80. The Morgan fingerprint density at radius 1 is 0.973 bits per heavy atom. The predicted molar refractivity (Wildman–Crippen MR) is 134 cm³/mol. The van der Waals surface area contributed by atoms with Crippen LogP contribution in [0.1, 0.15) is 69.2 Å². The van der Waals surface area contributed by atoms with Crippen LogP contribution in [0.5, 0.6) is 17.2 Å². The standard InChI is InChI=1S/C19H27NO9.C8H14/c1-19(2)27-8-12(29-19)16-13(14(21)18(23)28-16)20-17(22)9-6-10(24-3)15(26-5)11(7-9)25-4;1-2-4-8(5-3-1)6-7-8/h6-7,12-14,16,18,21,23H,8H2,1-5H3,(H,20,22);1-7H2/t12-,13+,14-,16-,18+;/m1./s1. The van der Waals surface area contributed by atoms with E-state index < -0.39 is 42.3 Å². The van der Waals surface area contributed by atoms with Crippen LogP contribution in [0, 0.1) is 5.41 Å². The summed E-state index contributed by atoms with van der Waals surface area (Å²) in [6, 6.07) is 2.06. The number of aliphatic hydroxyl groups is 2. The summed E-state index contributed by atoms with van der Waals surface area (Å²) < 4.78 is 32.5. The highest BCUT2D eigenvalue weighted by Gasteiger charge is 2.51. The first-order valence-electron chi connectivity index (χ1n) is 13.1. The van der Waals surface area contributed by atoms with Gasteiger partial charge < -0.3 is 44.0 Å². The number of aliphatic hydroxyl groups excluding tert-OH is 2. The maximum Gasteiger partial charge on any atom is 0.251 e. The maximum atomic E-state index is 12.9. The fraction of sp³-hybridized carbons (Fsp3) is 0.741. The zero-order chi connectivity index (χ0) is 26.8. The summed E-state index contributed by atoms with van der Waals surface area (Å²) in [5.74, 6) is -0.369. The van der Waals surface area contributed by atoms with Gasteiger partial charge in [0.1, 0.15) is 18.3 Å². The van der Waals surface area contributed by atoms with E-state index in [1.165, 1.54) is 52.7 Å². The van der Waals surface area contributed by atoms with E-state index >= 15 is 0 Å². The van der Waals surface area contributed by atoms with Crippen LogP contribution in [0.4, 0.5) is 0 Å². The molecule has 208 valence electrons. The second-order valence-corrected chi connectivity index (χ2v) is 10.8. The van der Waals surface area contributed by atoms with Crippen LogP contribution in [-0.4, -0.2) is 80.5 Å². The molecule has 1 spiro atoms. The molecule has 5 atom stereocenters. The molecule has 2 aliphatic carbocycles. The first-order chi connectivity index (χ1) is 17.6. The normalized spacial score (nSPS) is 31.3. The highest BCUT2D eigenvalue weighted by atomic mass is 16.8. The van der Waals surface area contributed by atoms with Gasteiger partial charge >= 0.3 is 0 Å². The number of nitrogens with one attached hydrogen (secondary N) is 1. The number of rotatable bonds is 6. The molecule has 0 unspecified atom stereocenters. The van der Waals surface area contributed by atoms with Crippen LogP contribution in [0.3, 0.4) is 0 Å². The monoisotopic (exact) mass is 523 g/mol. The van der Waals surface area contributed by atoms with Crippen molar-refractivity contribution < 1.29 is 43.4 Å². The summed E-state index contributed by atoms with van der Waals surface area (Å²) in [6.07, 6.45) is 6.66. The quantitative estimate of drug-likeness (QED) is 0.516. The van der Waals surface area contributed by atoms with E-state index in [0.717, 1.165) is 5.41 Å². The molecule has 1 aromatic carbocycles. The number of hydrogen-bond donors (Lipinski definition) is 3. The number of amides is 1. The molecule has 37 heavy (non-hydrogen) atoms. The minimum absolute atomic E-state index is 0.202. The van der Waals surface area contributed by atoms with Gasteiger partial charge in [-0.2, -0.15) is 0 Å². The SMILES string of the molecule is C1CCC2(CC1)CC2.COc1cc(C(=O)N[C@H]2[C@@H](O)[C@@H](O)O[C@@H]2[C@H]2COC(C)(C)O2)cc(OC)c1OC. The van der Waals surface area contributed by atoms with Gasteiger partial charge in [0, 0.05) is 5.56 Å². The average molecular weight is 524 g/mol. The molecule has 2 aliphatic heterocycles. The van der Waals surface area contributed by atoms with Crippen molar-refractivity contribution in [2.45, 2.75) is 95.2 Å². The van der Waals surface area contributed by atoms with Gasteiger partial charge in [-0.05, 0) is 57.1 Å². The molecule has 2 saturated carbocycles. The van der Waals surface area contributed by atoms with Crippen LogP contribution in [-0.2, 0) is 14.2 Å². The summed E-state index contributed by atoms with van der Waals surface area (Å²) in [4.78, 5) is 12.9. The van der Waals surface area contributed by atoms with Gasteiger partial charge in [-0.1, -0.05) is 19.3 Å². The minimum Gasteiger partial charge on any atom is -0.493 e. The fourth-order valence-corrected chi connectivity index (χ4v) is 5.49. The molecule has 10 heteroatoms. The summed E-state index contributed by atoms with van der Waals surface area (Å²) in [5, 5.41) is 23.0. The number of carbonyl (C=O) groups is 1. The Balaban J connectivity index is 0.000000335. The molecule has 10 nitrogen and oxygen atoms in total. The van der Waals surface area contributed by atoms with Crippen LogP contribution < -0.4 is 19.5 Å². The predicted octanol–water partition coefficient (Wildman–Crippen LogP) is 2.77. The topological polar surface area (TPSA) is 125 Å². The van der Waals surface area contributed by atoms with E-state index in [1.54, 1.807) is 39.5 Å². The second-order valence-electron chi connectivity index (χ2n) is 10.8. The molecule has 2 saturated heterocycles. The van der Waals surface area contributed by atoms with E-state index in [4.69, 9.17) is 28.4 Å². The summed E-state index contributed by atoms with van der Waals surface area (Å²) in [5.41, 5.74) is 1.15. The highest BCUT2D eigenvalue weighted by Crippen LogP contribution is 2.56. The third-order valence-corrected chi connectivity index (χ3v) is 7.80. The fourth-order valence-electron chi connectivity index (χ4n) is 5.49. The Kier molecular flexibility index (Phi) is 8.55. The van der Waals surface area contributed by atoms with Gasteiger partial charge in [-0.15, -0.1) is 0 Å². The Labute approximate surface area is 218 Å². The van der Waals surface area contributed by atoms with Gasteiger partial charge in [0.25, 0.3) is 5.91 Å². The van der Waals surface area contributed by atoms with Crippen molar-refractivity contribution in [2.24, 2.45) is 5.41 Å². The Hall–Kier alpha value is -2.11. The number of methoxy groups -OCH3 is 3. The highest BCUT2D eigenvalue weighted by molar-refractivity contribution is 5.96. The lowest BCUT2D eigenvalue weighted by atomic mass is 9.87. The van der Waals surface area contributed by atoms with Gasteiger partial charge in [0.2, 0.25) is 5.75 Å². The number of hydrogen-bond acceptors (Lipinski definition) is 9. The minimum atomic E-state index is -1.46. The number of benzene rings is 1. The third kappa shape index (κ3) is 6.31. The summed E-state index contributed by atoms with van der Waals surface area (Å²) >= 11 is 0.